The van der Waals surface area contributed by atoms with E-state index in [1.54, 1.807) is 0 Å². The van der Waals surface area contributed by atoms with Gasteiger partial charge in [-0.05, 0) is 33.3 Å². The van der Waals surface area contributed by atoms with Crippen LogP contribution in [0.1, 0.15) is 34.1 Å². The van der Waals surface area contributed by atoms with Gasteiger partial charge >= 0.3 is 0 Å². The summed E-state index contributed by atoms with van der Waals surface area (Å²) in [5.41, 5.74) is 1.20. The van der Waals surface area contributed by atoms with Crippen LogP contribution in [0, 0.1) is 0 Å². The third-order valence-corrected chi connectivity index (χ3v) is 3.16. The van der Waals surface area contributed by atoms with Gasteiger partial charge in [0.05, 0.1) is 17.0 Å². The number of hydrogen-bond donors (Lipinski definition) is 0. The molecule has 0 N–H and O–H groups in total. The van der Waals surface area contributed by atoms with Crippen LogP contribution in [0.15, 0.2) is 16.9 Å². The Labute approximate surface area is 102 Å². The fourth-order valence-electron chi connectivity index (χ4n) is 1.45. The Morgan fingerprint density at radius 2 is 2.19 bits per heavy atom. The maximum absolute atomic E-state index is 6.25. The molecule has 1 aromatic rings. The highest BCUT2D eigenvalue weighted by molar-refractivity contribution is 6.34. The van der Waals surface area contributed by atoms with Gasteiger partial charge in [0.2, 0.25) is 0 Å². The summed E-state index contributed by atoms with van der Waals surface area (Å²) < 4.78 is 2.10. The number of imidazole rings is 1. The summed E-state index contributed by atoms with van der Waals surface area (Å²) in [6.07, 6.45) is 6.84. The maximum atomic E-state index is 6.25. The minimum Gasteiger partial charge on any atom is -0.331 e. The fourth-order valence-corrected chi connectivity index (χ4v) is 1.69. The van der Waals surface area contributed by atoms with Crippen molar-refractivity contribution >= 4 is 23.8 Å². The summed E-state index contributed by atoms with van der Waals surface area (Å²) in [7, 11) is 0. The zero-order chi connectivity index (χ0) is 12.1. The molecule has 0 radical (unpaired) electrons. The molecule has 0 unspecified atom stereocenters. The highest BCUT2D eigenvalue weighted by atomic mass is 35.5. The van der Waals surface area contributed by atoms with Gasteiger partial charge in [-0.3, -0.25) is 0 Å². The molecule has 0 saturated carbocycles. The topological polar surface area (TPSA) is 17.8 Å². The van der Waals surface area contributed by atoms with Crippen LogP contribution in [0.3, 0.4) is 0 Å². The first-order chi connectivity index (χ1) is 7.63. The lowest BCUT2D eigenvalue weighted by atomic mass is 10.2. The summed E-state index contributed by atoms with van der Waals surface area (Å²) in [6, 6.07) is 0. The quantitative estimate of drug-likeness (QED) is 0.791. The molecule has 1 aromatic heterocycles. The standard InChI is InChI=1S/C13H19ClN2/c1-5-10(4)11(14)8-13-12(6-2)15-9-16(13)7-3/h6,8-9H,5,7H2,1-4H3. The summed E-state index contributed by atoms with van der Waals surface area (Å²) in [6.45, 7) is 9.16. The first kappa shape index (κ1) is 13.0. The Morgan fingerprint density at radius 3 is 2.69 bits per heavy atom. The number of rotatable bonds is 3. The van der Waals surface area contributed by atoms with Crippen LogP contribution in [-0.2, 0) is 6.54 Å². The van der Waals surface area contributed by atoms with E-state index in [1.165, 1.54) is 5.57 Å². The molecule has 1 heterocycles. The SMILES string of the molecule is CC=c1ncn(CC)c1=CC(Cl)=C(C)CC. The molecule has 2 nitrogen and oxygen atoms in total. The molecule has 0 spiro atoms. The van der Waals surface area contributed by atoms with Crippen LogP contribution in [0.5, 0.6) is 0 Å². The van der Waals surface area contributed by atoms with E-state index in [-0.39, 0.29) is 0 Å². The van der Waals surface area contributed by atoms with Crippen LogP contribution in [0.25, 0.3) is 12.2 Å². The van der Waals surface area contributed by atoms with Crippen LogP contribution in [0.2, 0.25) is 0 Å². The Hall–Kier alpha value is -1.02. The van der Waals surface area contributed by atoms with E-state index in [1.807, 2.05) is 25.4 Å². The summed E-state index contributed by atoms with van der Waals surface area (Å²) in [5, 5.41) is 2.90. The molecule has 0 aliphatic heterocycles. The Kier molecular flexibility index (Phi) is 4.81. The normalized spacial score (nSPS) is 15.6. The molecule has 0 aliphatic carbocycles. The molecular formula is C13H19ClN2. The van der Waals surface area contributed by atoms with E-state index in [0.717, 1.165) is 28.7 Å². The number of aryl methyl sites for hydroxylation is 1. The zero-order valence-electron chi connectivity index (χ0n) is 10.4. The highest BCUT2D eigenvalue weighted by Crippen LogP contribution is 2.12. The van der Waals surface area contributed by atoms with Crippen molar-refractivity contribution in [2.45, 2.75) is 40.7 Å². The van der Waals surface area contributed by atoms with Gasteiger partial charge in [0.1, 0.15) is 0 Å². The average Bonchev–Trinajstić information content (AvgIpc) is 2.69. The van der Waals surface area contributed by atoms with E-state index in [2.05, 4.69) is 30.3 Å². The highest BCUT2D eigenvalue weighted by Gasteiger charge is 1.98. The monoisotopic (exact) mass is 238 g/mol. The second kappa shape index (κ2) is 5.90. The van der Waals surface area contributed by atoms with Gasteiger partial charge in [-0.15, -0.1) is 0 Å². The lowest BCUT2D eigenvalue weighted by Crippen LogP contribution is -2.29. The number of allylic oxidation sites excluding steroid dienone is 2. The third kappa shape index (κ3) is 2.76. The van der Waals surface area contributed by atoms with Crippen molar-refractivity contribution in [3.63, 3.8) is 0 Å². The maximum Gasteiger partial charge on any atom is 0.0958 e. The van der Waals surface area contributed by atoms with Crippen LogP contribution >= 0.6 is 11.6 Å². The number of hydrogen-bond acceptors (Lipinski definition) is 1. The molecular weight excluding hydrogens is 220 g/mol. The average molecular weight is 239 g/mol. The Balaban J connectivity index is 3.43. The first-order valence-corrected chi connectivity index (χ1v) is 6.06. The van der Waals surface area contributed by atoms with Crippen LogP contribution in [-0.4, -0.2) is 9.55 Å². The predicted molar refractivity (Wildman–Crippen MR) is 70.6 cm³/mol. The molecule has 3 heteroatoms. The lowest BCUT2D eigenvalue weighted by Gasteiger charge is -1.99. The van der Waals surface area contributed by atoms with Crippen molar-refractivity contribution < 1.29 is 0 Å². The fraction of sp³-hybridized carbons (Fsp3) is 0.462. The van der Waals surface area contributed by atoms with Gasteiger partial charge in [0.25, 0.3) is 0 Å². The number of aromatic nitrogens is 2. The molecule has 88 valence electrons. The predicted octanol–water partition coefficient (Wildman–Crippen LogP) is 2.41. The molecule has 0 aliphatic rings. The molecule has 0 bridgehead atoms. The van der Waals surface area contributed by atoms with Crippen molar-refractivity contribution in [3.8, 4) is 0 Å². The Morgan fingerprint density at radius 1 is 1.50 bits per heavy atom. The molecule has 0 atom stereocenters. The van der Waals surface area contributed by atoms with Crippen molar-refractivity contribution in [2.75, 3.05) is 0 Å². The van der Waals surface area contributed by atoms with Crippen molar-refractivity contribution in [1.29, 1.82) is 0 Å². The largest absolute Gasteiger partial charge is 0.331 e. The Bertz CT molecular complexity index is 494. The number of halogens is 1. The van der Waals surface area contributed by atoms with Gasteiger partial charge < -0.3 is 4.57 Å². The van der Waals surface area contributed by atoms with Crippen molar-refractivity contribution in [2.24, 2.45) is 0 Å². The molecule has 0 aromatic carbocycles. The van der Waals surface area contributed by atoms with E-state index < -0.39 is 0 Å². The van der Waals surface area contributed by atoms with Gasteiger partial charge in [-0.25, -0.2) is 4.98 Å². The molecule has 0 saturated heterocycles. The van der Waals surface area contributed by atoms with E-state index in [0.29, 0.717) is 0 Å². The molecule has 0 fully saturated rings. The van der Waals surface area contributed by atoms with Gasteiger partial charge in [0, 0.05) is 11.6 Å². The first-order valence-electron chi connectivity index (χ1n) is 5.68. The zero-order valence-corrected chi connectivity index (χ0v) is 11.2. The third-order valence-electron chi connectivity index (χ3n) is 2.72. The second-order valence-electron chi connectivity index (χ2n) is 3.72. The summed E-state index contributed by atoms with van der Waals surface area (Å²) in [4.78, 5) is 4.34. The van der Waals surface area contributed by atoms with E-state index in [9.17, 15) is 0 Å². The lowest BCUT2D eigenvalue weighted by molar-refractivity contribution is 0.739. The van der Waals surface area contributed by atoms with Gasteiger partial charge in [-0.2, -0.15) is 0 Å². The summed E-state index contributed by atoms with van der Waals surface area (Å²) in [5.74, 6) is 0. The summed E-state index contributed by atoms with van der Waals surface area (Å²) >= 11 is 6.25. The van der Waals surface area contributed by atoms with Gasteiger partial charge in [-0.1, -0.05) is 30.2 Å². The van der Waals surface area contributed by atoms with Crippen LogP contribution in [0.4, 0.5) is 0 Å². The second-order valence-corrected chi connectivity index (χ2v) is 4.12. The molecule has 1 rings (SSSR count). The van der Waals surface area contributed by atoms with E-state index in [4.69, 9.17) is 11.6 Å². The van der Waals surface area contributed by atoms with Crippen LogP contribution < -0.4 is 10.7 Å². The van der Waals surface area contributed by atoms with Crippen molar-refractivity contribution in [3.05, 3.63) is 27.6 Å². The molecule has 16 heavy (non-hydrogen) atoms. The number of nitrogens with zero attached hydrogens (tertiary/aromatic N) is 2. The van der Waals surface area contributed by atoms with Gasteiger partial charge in [0.15, 0.2) is 0 Å². The molecule has 0 amide bonds. The van der Waals surface area contributed by atoms with Crippen molar-refractivity contribution in [1.82, 2.24) is 9.55 Å². The minimum atomic E-state index is 0.820. The van der Waals surface area contributed by atoms with E-state index >= 15 is 0 Å². The smallest absolute Gasteiger partial charge is 0.0958 e. The minimum absolute atomic E-state index is 0.820.